The van der Waals surface area contributed by atoms with Gasteiger partial charge < -0.3 is 21.1 Å². The maximum absolute atomic E-state index is 10.1. The van der Waals surface area contributed by atoms with E-state index in [2.05, 4.69) is 5.32 Å². The number of nitrogens with zero attached hydrogens (tertiary/aromatic N) is 1. The second kappa shape index (κ2) is 5.25. The molecule has 3 atom stereocenters. The molecule has 1 aliphatic rings. The topological polar surface area (TPSA) is 61.5 Å². The highest BCUT2D eigenvalue weighted by atomic mass is 16.3. The average Bonchev–Trinajstić information content (AvgIpc) is 2.46. The fourth-order valence-electron chi connectivity index (χ4n) is 2.30. The van der Waals surface area contributed by atoms with Crippen LogP contribution in [0.3, 0.4) is 0 Å². The van der Waals surface area contributed by atoms with Crippen molar-refractivity contribution in [3.8, 4) is 0 Å². The van der Waals surface area contributed by atoms with Crippen molar-refractivity contribution in [1.82, 2.24) is 10.2 Å². The molecule has 4 N–H and O–H groups in total. The van der Waals surface area contributed by atoms with Crippen molar-refractivity contribution in [2.24, 2.45) is 5.73 Å². The molecule has 4 nitrogen and oxygen atoms in total. The molecule has 0 bridgehead atoms. The predicted molar refractivity (Wildman–Crippen MR) is 62.8 cm³/mol. The second-order valence-corrected chi connectivity index (χ2v) is 5.39. The third-order valence-corrected chi connectivity index (χ3v) is 2.90. The summed E-state index contributed by atoms with van der Waals surface area (Å²) in [6.45, 7) is 3.19. The summed E-state index contributed by atoms with van der Waals surface area (Å²) in [5, 5.41) is 13.5. The van der Waals surface area contributed by atoms with Crippen LogP contribution in [0, 0.1) is 0 Å². The number of rotatable bonds is 5. The molecule has 1 rings (SSSR count). The lowest BCUT2D eigenvalue weighted by atomic mass is 10.1. The molecule has 3 unspecified atom stereocenters. The van der Waals surface area contributed by atoms with Gasteiger partial charge in [-0.2, -0.15) is 0 Å². The van der Waals surface area contributed by atoms with Crippen LogP contribution in [-0.2, 0) is 0 Å². The van der Waals surface area contributed by atoms with Gasteiger partial charge in [-0.15, -0.1) is 0 Å². The van der Waals surface area contributed by atoms with Gasteiger partial charge in [0.25, 0.3) is 0 Å². The van der Waals surface area contributed by atoms with Crippen LogP contribution < -0.4 is 11.1 Å². The number of hydrogen-bond acceptors (Lipinski definition) is 4. The van der Waals surface area contributed by atoms with Gasteiger partial charge in [-0.25, -0.2) is 0 Å². The Morgan fingerprint density at radius 3 is 2.60 bits per heavy atom. The maximum Gasteiger partial charge on any atom is 0.0869 e. The van der Waals surface area contributed by atoms with E-state index in [1.165, 1.54) is 0 Å². The Morgan fingerprint density at radius 2 is 2.13 bits per heavy atom. The largest absolute Gasteiger partial charge is 0.388 e. The van der Waals surface area contributed by atoms with Gasteiger partial charge in [-0.3, -0.25) is 0 Å². The van der Waals surface area contributed by atoms with Crippen LogP contribution in [0.5, 0.6) is 0 Å². The highest BCUT2D eigenvalue weighted by molar-refractivity contribution is 4.86. The first kappa shape index (κ1) is 12.9. The predicted octanol–water partition coefficient (Wildman–Crippen LogP) is -0.232. The minimum absolute atomic E-state index is 0.348. The lowest BCUT2D eigenvalue weighted by Gasteiger charge is -2.28. The molecular formula is C11H25N3O. The van der Waals surface area contributed by atoms with E-state index in [0.29, 0.717) is 25.2 Å². The molecule has 1 fully saturated rings. The Balaban J connectivity index is 2.23. The molecule has 0 amide bonds. The van der Waals surface area contributed by atoms with Gasteiger partial charge >= 0.3 is 0 Å². The molecular weight excluding hydrogens is 190 g/mol. The normalized spacial score (nSPS) is 30.8. The molecule has 0 aromatic carbocycles. The fourth-order valence-corrected chi connectivity index (χ4v) is 2.30. The van der Waals surface area contributed by atoms with E-state index in [-0.39, 0.29) is 0 Å². The molecule has 0 saturated heterocycles. The second-order valence-electron chi connectivity index (χ2n) is 5.39. The third-order valence-electron chi connectivity index (χ3n) is 2.90. The quantitative estimate of drug-likeness (QED) is 0.593. The van der Waals surface area contributed by atoms with Crippen molar-refractivity contribution in [3.63, 3.8) is 0 Å². The third kappa shape index (κ3) is 4.93. The smallest absolute Gasteiger partial charge is 0.0869 e. The summed E-state index contributed by atoms with van der Waals surface area (Å²) in [5.74, 6) is 0. The minimum Gasteiger partial charge on any atom is -0.388 e. The zero-order chi connectivity index (χ0) is 11.5. The zero-order valence-corrected chi connectivity index (χ0v) is 10.2. The van der Waals surface area contributed by atoms with Gasteiger partial charge in [0.1, 0.15) is 0 Å². The van der Waals surface area contributed by atoms with Gasteiger partial charge in [0.2, 0.25) is 0 Å². The molecule has 0 radical (unpaired) electrons. The van der Waals surface area contributed by atoms with Gasteiger partial charge in [0.05, 0.1) is 5.60 Å². The van der Waals surface area contributed by atoms with Crippen molar-refractivity contribution >= 4 is 0 Å². The Labute approximate surface area is 92.8 Å². The van der Waals surface area contributed by atoms with Crippen molar-refractivity contribution in [2.75, 3.05) is 27.2 Å². The Kier molecular flexibility index (Phi) is 4.52. The first-order chi connectivity index (χ1) is 6.89. The number of aliphatic hydroxyl groups is 1. The van der Waals surface area contributed by atoms with Crippen LogP contribution in [0.25, 0.3) is 0 Å². The van der Waals surface area contributed by atoms with E-state index in [9.17, 15) is 5.11 Å². The molecule has 0 aromatic rings. The summed E-state index contributed by atoms with van der Waals surface area (Å²) in [4.78, 5) is 2.00. The van der Waals surface area contributed by atoms with Crippen molar-refractivity contribution in [2.45, 2.75) is 43.9 Å². The maximum atomic E-state index is 10.1. The summed E-state index contributed by atoms with van der Waals surface area (Å²) in [7, 11) is 3.94. The van der Waals surface area contributed by atoms with E-state index in [0.717, 1.165) is 19.3 Å². The van der Waals surface area contributed by atoms with E-state index in [1.54, 1.807) is 0 Å². The van der Waals surface area contributed by atoms with E-state index >= 15 is 0 Å². The van der Waals surface area contributed by atoms with Crippen LogP contribution in [0.2, 0.25) is 0 Å². The number of nitrogens with two attached hydrogens (primary N) is 1. The van der Waals surface area contributed by atoms with Crippen molar-refractivity contribution < 1.29 is 5.11 Å². The van der Waals surface area contributed by atoms with Crippen LogP contribution in [0.15, 0.2) is 0 Å². The van der Waals surface area contributed by atoms with Crippen molar-refractivity contribution in [1.29, 1.82) is 0 Å². The highest BCUT2D eigenvalue weighted by Crippen LogP contribution is 2.17. The van der Waals surface area contributed by atoms with E-state index < -0.39 is 5.60 Å². The summed E-state index contributed by atoms with van der Waals surface area (Å²) >= 11 is 0. The number of hydrogen-bond donors (Lipinski definition) is 3. The van der Waals surface area contributed by atoms with Crippen LogP contribution in [-0.4, -0.2) is 54.9 Å². The van der Waals surface area contributed by atoms with Gasteiger partial charge in [0, 0.05) is 25.2 Å². The lowest BCUT2D eigenvalue weighted by molar-refractivity contribution is 0.0314. The molecule has 4 heteroatoms. The van der Waals surface area contributed by atoms with Gasteiger partial charge in [0.15, 0.2) is 0 Å². The standard InChI is InChI=1S/C11H25N3O/c1-11(15,8-14(2)3)7-13-10-5-4-9(12)6-10/h9-10,13,15H,4-8,12H2,1-3H3. The molecule has 0 heterocycles. The van der Waals surface area contributed by atoms with Crippen LogP contribution in [0.4, 0.5) is 0 Å². The Hall–Kier alpha value is -0.160. The summed E-state index contributed by atoms with van der Waals surface area (Å²) in [6.07, 6.45) is 3.28. The van der Waals surface area contributed by atoms with Crippen LogP contribution >= 0.6 is 0 Å². The van der Waals surface area contributed by atoms with Gasteiger partial charge in [-0.05, 0) is 40.3 Å². The Morgan fingerprint density at radius 1 is 1.47 bits per heavy atom. The molecule has 0 aromatic heterocycles. The number of nitrogens with one attached hydrogen (secondary N) is 1. The first-order valence-electron chi connectivity index (χ1n) is 5.75. The molecule has 1 saturated carbocycles. The molecule has 90 valence electrons. The monoisotopic (exact) mass is 215 g/mol. The summed E-state index contributed by atoms with van der Waals surface area (Å²) in [6, 6.07) is 0.843. The fraction of sp³-hybridized carbons (Fsp3) is 1.00. The first-order valence-corrected chi connectivity index (χ1v) is 5.75. The minimum atomic E-state index is -0.657. The van der Waals surface area contributed by atoms with E-state index in [4.69, 9.17) is 5.73 Å². The molecule has 0 spiro atoms. The molecule has 1 aliphatic carbocycles. The molecule has 15 heavy (non-hydrogen) atoms. The molecule has 0 aliphatic heterocycles. The highest BCUT2D eigenvalue weighted by Gasteiger charge is 2.26. The average molecular weight is 215 g/mol. The van der Waals surface area contributed by atoms with E-state index in [1.807, 2.05) is 25.9 Å². The number of likely N-dealkylation sites (N-methyl/N-ethyl adjacent to an activating group) is 1. The SMILES string of the molecule is CN(C)CC(C)(O)CNC1CCC(N)C1. The van der Waals surface area contributed by atoms with Gasteiger partial charge in [-0.1, -0.05) is 0 Å². The summed E-state index contributed by atoms with van der Waals surface area (Å²) in [5.41, 5.74) is 5.18. The Bertz CT molecular complexity index is 194. The zero-order valence-electron chi connectivity index (χ0n) is 10.2. The summed E-state index contributed by atoms with van der Waals surface area (Å²) < 4.78 is 0. The van der Waals surface area contributed by atoms with Crippen molar-refractivity contribution in [3.05, 3.63) is 0 Å². The van der Waals surface area contributed by atoms with Crippen LogP contribution in [0.1, 0.15) is 26.2 Å². The lowest BCUT2D eigenvalue weighted by Crippen LogP contribution is -2.47.